The summed E-state index contributed by atoms with van der Waals surface area (Å²) in [6, 6.07) is 3.70. The van der Waals surface area contributed by atoms with Crippen LogP contribution in [0.4, 0.5) is 0 Å². The predicted molar refractivity (Wildman–Crippen MR) is 111 cm³/mol. The van der Waals surface area contributed by atoms with Crippen molar-refractivity contribution in [3.63, 3.8) is 0 Å². The first-order valence-electron chi connectivity index (χ1n) is 9.60. The van der Waals surface area contributed by atoms with E-state index in [-0.39, 0.29) is 23.6 Å². The van der Waals surface area contributed by atoms with E-state index in [4.69, 9.17) is 28.4 Å². The van der Waals surface area contributed by atoms with Gasteiger partial charge >= 0.3 is 0 Å². The number of ketones is 1. The molecule has 0 bridgehead atoms. The zero-order valence-corrected chi connectivity index (χ0v) is 18.2. The van der Waals surface area contributed by atoms with Crippen LogP contribution in [0.1, 0.15) is 25.0 Å². The molecule has 0 spiro atoms. The minimum Gasteiger partial charge on any atom is -0.493 e. The second-order valence-corrected chi connectivity index (χ2v) is 7.16. The van der Waals surface area contributed by atoms with E-state index in [0.29, 0.717) is 29.4 Å². The average molecular weight is 416 g/mol. The number of Topliss-reactive ketones (excluding diaryl/α,β-unsaturated/α-hetero) is 1. The standard InChI is InChI=1S/C23H28O7/c1-8-9-23(29-7)12-15-13(2)18(30-19(15)21(28-6)22(23)24)14-10-16(25-3)20(27-5)17(11-14)26-4/h8,10-13,18H,1,9H2,2-7H3/t13-,18-,23-/m0/s1. The Balaban J connectivity index is 2.13. The quantitative estimate of drug-likeness (QED) is 0.598. The van der Waals surface area contributed by atoms with Crippen LogP contribution in [-0.2, 0) is 19.0 Å². The molecule has 0 amide bonds. The summed E-state index contributed by atoms with van der Waals surface area (Å²) in [5.74, 6) is 1.78. The van der Waals surface area contributed by atoms with E-state index in [2.05, 4.69) is 6.58 Å². The van der Waals surface area contributed by atoms with Crippen LogP contribution in [0.25, 0.3) is 0 Å². The van der Waals surface area contributed by atoms with Crippen LogP contribution in [0.15, 0.2) is 48.0 Å². The van der Waals surface area contributed by atoms with Crippen LogP contribution < -0.4 is 14.2 Å². The molecule has 3 rings (SSSR count). The first-order chi connectivity index (χ1) is 14.4. The smallest absolute Gasteiger partial charge is 0.237 e. The van der Waals surface area contributed by atoms with Crippen molar-refractivity contribution in [3.05, 3.63) is 53.5 Å². The lowest BCUT2D eigenvalue weighted by Crippen LogP contribution is -2.43. The number of carbonyl (C=O) groups excluding carboxylic acids is 1. The van der Waals surface area contributed by atoms with Crippen molar-refractivity contribution >= 4 is 5.78 Å². The fourth-order valence-electron chi connectivity index (χ4n) is 4.07. The topological polar surface area (TPSA) is 72.5 Å². The van der Waals surface area contributed by atoms with E-state index in [1.165, 1.54) is 14.2 Å². The summed E-state index contributed by atoms with van der Waals surface area (Å²) in [4.78, 5) is 13.1. The summed E-state index contributed by atoms with van der Waals surface area (Å²) in [5.41, 5.74) is 0.525. The van der Waals surface area contributed by atoms with Gasteiger partial charge in [-0.15, -0.1) is 6.58 Å². The van der Waals surface area contributed by atoms with E-state index in [0.717, 1.165) is 11.1 Å². The second-order valence-electron chi connectivity index (χ2n) is 7.16. The van der Waals surface area contributed by atoms with Gasteiger partial charge in [0.2, 0.25) is 17.3 Å². The second kappa shape index (κ2) is 8.44. The highest BCUT2D eigenvalue weighted by molar-refractivity contribution is 6.04. The van der Waals surface area contributed by atoms with E-state index in [9.17, 15) is 4.79 Å². The molecule has 0 saturated carbocycles. The third kappa shape index (κ3) is 3.23. The molecule has 0 N–H and O–H groups in total. The van der Waals surface area contributed by atoms with E-state index >= 15 is 0 Å². The molecule has 162 valence electrons. The molecule has 3 atom stereocenters. The molecule has 0 radical (unpaired) electrons. The number of allylic oxidation sites excluding steroid dienone is 1. The highest BCUT2D eigenvalue weighted by Crippen LogP contribution is 2.51. The summed E-state index contributed by atoms with van der Waals surface area (Å²) in [6.45, 7) is 5.80. The lowest BCUT2D eigenvalue weighted by Gasteiger charge is -2.31. The van der Waals surface area contributed by atoms with Crippen molar-refractivity contribution in [1.82, 2.24) is 0 Å². The third-order valence-corrected chi connectivity index (χ3v) is 5.67. The molecule has 0 aromatic heterocycles. The van der Waals surface area contributed by atoms with Gasteiger partial charge in [-0.05, 0) is 18.2 Å². The Morgan fingerprint density at radius 2 is 1.70 bits per heavy atom. The molecule has 2 aliphatic rings. The summed E-state index contributed by atoms with van der Waals surface area (Å²) >= 11 is 0. The molecule has 30 heavy (non-hydrogen) atoms. The van der Waals surface area contributed by atoms with Gasteiger partial charge in [-0.3, -0.25) is 4.79 Å². The van der Waals surface area contributed by atoms with Crippen LogP contribution in [0.2, 0.25) is 0 Å². The van der Waals surface area contributed by atoms with Gasteiger partial charge in [0.15, 0.2) is 22.9 Å². The molecule has 1 aromatic carbocycles. The van der Waals surface area contributed by atoms with Gasteiger partial charge in [0.1, 0.15) is 6.10 Å². The highest BCUT2D eigenvalue weighted by Gasteiger charge is 2.50. The molecular formula is C23H28O7. The van der Waals surface area contributed by atoms with Crippen molar-refractivity contribution in [3.8, 4) is 17.2 Å². The van der Waals surface area contributed by atoms with Crippen molar-refractivity contribution in [2.45, 2.75) is 25.0 Å². The Kier molecular flexibility index (Phi) is 6.12. The molecule has 1 fully saturated rings. The maximum Gasteiger partial charge on any atom is 0.237 e. The Morgan fingerprint density at radius 3 is 2.17 bits per heavy atom. The number of carbonyl (C=O) groups is 1. The first kappa shape index (κ1) is 21.8. The molecule has 7 nitrogen and oxygen atoms in total. The normalized spacial score (nSPS) is 25.3. The number of fused-ring (bicyclic) bond motifs is 1. The average Bonchev–Trinajstić information content (AvgIpc) is 3.08. The summed E-state index contributed by atoms with van der Waals surface area (Å²) in [5, 5.41) is 0. The van der Waals surface area contributed by atoms with Crippen LogP contribution in [0, 0.1) is 5.92 Å². The van der Waals surface area contributed by atoms with Crippen molar-refractivity contribution in [1.29, 1.82) is 0 Å². The van der Waals surface area contributed by atoms with Crippen LogP contribution in [0.5, 0.6) is 17.2 Å². The highest BCUT2D eigenvalue weighted by atomic mass is 16.5. The number of methoxy groups -OCH3 is 5. The number of hydrogen-bond acceptors (Lipinski definition) is 7. The molecule has 1 aliphatic carbocycles. The zero-order valence-electron chi connectivity index (χ0n) is 18.2. The molecule has 1 aromatic rings. The molecule has 1 aliphatic heterocycles. The Bertz CT molecular complexity index is 889. The summed E-state index contributed by atoms with van der Waals surface area (Å²) < 4.78 is 33.7. The van der Waals surface area contributed by atoms with E-state index < -0.39 is 5.60 Å². The Morgan fingerprint density at radius 1 is 1.07 bits per heavy atom. The summed E-state index contributed by atoms with van der Waals surface area (Å²) in [6.07, 6.45) is 3.44. The fourth-order valence-corrected chi connectivity index (χ4v) is 4.07. The van der Waals surface area contributed by atoms with Crippen LogP contribution in [-0.4, -0.2) is 46.9 Å². The minimum atomic E-state index is -1.16. The van der Waals surface area contributed by atoms with Crippen molar-refractivity contribution in [2.75, 3.05) is 35.5 Å². The van der Waals surface area contributed by atoms with Gasteiger partial charge in [0.05, 0.1) is 28.4 Å². The third-order valence-electron chi connectivity index (χ3n) is 5.67. The van der Waals surface area contributed by atoms with Crippen LogP contribution in [0.3, 0.4) is 0 Å². The Hall–Kier alpha value is -2.93. The number of rotatable bonds is 8. The van der Waals surface area contributed by atoms with Crippen LogP contribution >= 0.6 is 0 Å². The SMILES string of the molecule is C=CC[C@]1(OC)C=C2C(=C(OC)C1=O)O[C@H](c1cc(OC)c(OC)c(OC)c1)[C@H]2C. The molecule has 1 heterocycles. The van der Waals surface area contributed by atoms with Gasteiger partial charge in [0, 0.05) is 30.6 Å². The van der Waals surface area contributed by atoms with E-state index in [1.54, 1.807) is 27.4 Å². The monoisotopic (exact) mass is 416 g/mol. The first-order valence-corrected chi connectivity index (χ1v) is 9.60. The molecule has 1 saturated heterocycles. The molecule has 0 unspecified atom stereocenters. The number of ether oxygens (including phenoxy) is 6. The van der Waals surface area contributed by atoms with E-state index in [1.807, 2.05) is 25.1 Å². The maximum absolute atomic E-state index is 13.1. The minimum absolute atomic E-state index is 0.0830. The molecule has 7 heteroatoms. The van der Waals surface area contributed by atoms with Crippen molar-refractivity contribution in [2.24, 2.45) is 5.92 Å². The predicted octanol–water partition coefficient (Wildman–Crippen LogP) is 3.75. The zero-order chi connectivity index (χ0) is 22.1. The summed E-state index contributed by atoms with van der Waals surface area (Å²) in [7, 11) is 7.65. The van der Waals surface area contributed by atoms with Crippen molar-refractivity contribution < 1.29 is 33.2 Å². The van der Waals surface area contributed by atoms with Gasteiger partial charge < -0.3 is 28.4 Å². The fraction of sp³-hybridized carbons (Fsp3) is 0.435. The van der Waals surface area contributed by atoms with Gasteiger partial charge in [-0.25, -0.2) is 0 Å². The lowest BCUT2D eigenvalue weighted by molar-refractivity contribution is -0.135. The number of benzene rings is 1. The lowest BCUT2D eigenvalue weighted by atomic mass is 9.81. The Labute approximate surface area is 176 Å². The number of hydrogen-bond donors (Lipinski definition) is 0. The molecular weight excluding hydrogens is 388 g/mol. The maximum atomic E-state index is 13.1. The van der Waals surface area contributed by atoms with Gasteiger partial charge in [-0.2, -0.15) is 0 Å². The van der Waals surface area contributed by atoms with Gasteiger partial charge in [0.25, 0.3) is 0 Å². The largest absolute Gasteiger partial charge is 0.493 e. The van der Waals surface area contributed by atoms with Gasteiger partial charge in [-0.1, -0.05) is 13.0 Å².